The smallest absolute Gasteiger partial charge is 0.322 e. The topological polar surface area (TPSA) is 171 Å². The van der Waals surface area contributed by atoms with E-state index < -0.39 is 48.4 Å². The average Bonchev–Trinajstić information content (AvgIpc) is 2.79. The van der Waals surface area contributed by atoms with E-state index in [1.165, 1.54) is 23.9 Å². The van der Waals surface area contributed by atoms with Gasteiger partial charge in [0.1, 0.15) is 24.4 Å². The zero-order valence-corrected chi connectivity index (χ0v) is 20.0. The van der Waals surface area contributed by atoms with E-state index in [9.17, 15) is 24.3 Å². The van der Waals surface area contributed by atoms with Gasteiger partial charge in [0, 0.05) is 6.42 Å². The van der Waals surface area contributed by atoms with Crippen LogP contribution in [-0.4, -0.2) is 70.6 Å². The number of carboxylic acid groups (broad SMARTS) is 1. The van der Waals surface area contributed by atoms with E-state index in [4.69, 9.17) is 10.8 Å². The first-order valence-corrected chi connectivity index (χ1v) is 12.1. The van der Waals surface area contributed by atoms with Crippen molar-refractivity contribution < 1.29 is 29.4 Å². The van der Waals surface area contributed by atoms with Gasteiger partial charge in [0.05, 0.1) is 6.04 Å². The molecule has 1 aromatic rings. The highest BCUT2D eigenvalue weighted by atomic mass is 32.2. The van der Waals surface area contributed by atoms with Crippen LogP contribution in [0, 0.1) is 5.92 Å². The van der Waals surface area contributed by atoms with Gasteiger partial charge in [0.15, 0.2) is 0 Å². The maximum atomic E-state index is 13.1. The molecule has 3 amide bonds. The first-order valence-electron chi connectivity index (χ1n) is 10.7. The lowest BCUT2D eigenvalue weighted by molar-refractivity contribution is -0.138. The van der Waals surface area contributed by atoms with Crippen molar-refractivity contribution in [2.45, 2.75) is 51.2 Å². The summed E-state index contributed by atoms with van der Waals surface area (Å²) in [5.74, 6) is -2.38. The monoisotopic (exact) mass is 482 g/mol. The van der Waals surface area contributed by atoms with E-state index in [-0.39, 0.29) is 24.5 Å². The van der Waals surface area contributed by atoms with E-state index >= 15 is 0 Å². The van der Waals surface area contributed by atoms with Crippen LogP contribution in [0.1, 0.15) is 32.3 Å². The maximum absolute atomic E-state index is 13.1. The highest BCUT2D eigenvalue weighted by molar-refractivity contribution is 7.98. The van der Waals surface area contributed by atoms with Crippen molar-refractivity contribution in [2.24, 2.45) is 11.7 Å². The quantitative estimate of drug-likeness (QED) is 0.219. The molecule has 33 heavy (non-hydrogen) atoms. The third kappa shape index (κ3) is 10.1. The first kappa shape index (κ1) is 28.2. The average molecular weight is 483 g/mol. The molecular weight excluding hydrogens is 448 g/mol. The number of aliphatic carboxylic acids is 1. The van der Waals surface area contributed by atoms with Crippen LogP contribution in [0.4, 0.5) is 0 Å². The number of hydrogen-bond acceptors (Lipinski definition) is 7. The van der Waals surface area contributed by atoms with Gasteiger partial charge in [-0.3, -0.25) is 19.2 Å². The molecule has 184 valence electrons. The fourth-order valence-corrected chi connectivity index (χ4v) is 3.39. The van der Waals surface area contributed by atoms with Crippen LogP contribution in [0.25, 0.3) is 0 Å². The number of carbonyl (C=O) groups excluding carboxylic acids is 3. The number of phenolic OH excluding ortho intramolecular Hbond substituents is 1. The number of nitrogens with two attached hydrogens (primary N) is 1. The fourth-order valence-electron chi connectivity index (χ4n) is 2.92. The number of hydrogen-bond donors (Lipinski definition) is 6. The molecule has 0 aliphatic carbocycles. The predicted molar refractivity (Wildman–Crippen MR) is 127 cm³/mol. The van der Waals surface area contributed by atoms with Crippen molar-refractivity contribution in [2.75, 3.05) is 18.6 Å². The van der Waals surface area contributed by atoms with Crippen molar-refractivity contribution in [1.82, 2.24) is 16.0 Å². The largest absolute Gasteiger partial charge is 0.508 e. The summed E-state index contributed by atoms with van der Waals surface area (Å²) in [6.07, 6.45) is 2.92. The maximum Gasteiger partial charge on any atom is 0.322 e. The van der Waals surface area contributed by atoms with Crippen LogP contribution in [0.2, 0.25) is 0 Å². The van der Waals surface area contributed by atoms with E-state index in [0.29, 0.717) is 17.7 Å². The third-order valence-electron chi connectivity index (χ3n) is 5.23. The first-order chi connectivity index (χ1) is 15.6. The fraction of sp³-hybridized carbons (Fsp3) is 0.545. The Hall–Kier alpha value is -2.79. The Kier molecular flexibility index (Phi) is 12.3. The predicted octanol–water partition coefficient (Wildman–Crippen LogP) is 0.232. The molecule has 0 aliphatic rings. The Morgan fingerprint density at radius 1 is 1.03 bits per heavy atom. The molecule has 0 bridgehead atoms. The molecule has 4 atom stereocenters. The van der Waals surface area contributed by atoms with Crippen molar-refractivity contribution >= 4 is 35.5 Å². The molecule has 0 saturated heterocycles. The van der Waals surface area contributed by atoms with Gasteiger partial charge in [0.2, 0.25) is 17.7 Å². The molecule has 1 aromatic carbocycles. The number of thioether (sulfide) groups is 1. The Balaban J connectivity index is 3.04. The minimum atomic E-state index is -1.20. The summed E-state index contributed by atoms with van der Waals surface area (Å²) in [7, 11) is 0. The SMILES string of the molecule is CCC(C)C(N)C(=O)NC(Cc1ccc(O)cc1)C(=O)NC(CCSC)C(=O)NCC(=O)O. The van der Waals surface area contributed by atoms with Crippen LogP contribution in [0.15, 0.2) is 24.3 Å². The van der Waals surface area contributed by atoms with Gasteiger partial charge < -0.3 is 31.9 Å². The molecule has 0 aromatic heterocycles. The second kappa shape index (κ2) is 14.4. The summed E-state index contributed by atoms with van der Waals surface area (Å²) >= 11 is 1.47. The molecule has 0 radical (unpaired) electrons. The number of benzene rings is 1. The van der Waals surface area contributed by atoms with Gasteiger partial charge in [-0.25, -0.2) is 0 Å². The molecule has 0 fully saturated rings. The standard InChI is InChI=1S/C22H34N4O6S/c1-4-13(2)19(23)22(32)26-17(11-14-5-7-15(27)8-6-14)21(31)25-16(9-10-33-3)20(30)24-12-18(28)29/h5-8,13,16-17,19,27H,4,9-12,23H2,1-3H3,(H,24,30)(H,25,31)(H,26,32)(H,28,29). The third-order valence-corrected chi connectivity index (χ3v) is 5.87. The van der Waals surface area contributed by atoms with E-state index in [2.05, 4.69) is 16.0 Å². The lowest BCUT2D eigenvalue weighted by Crippen LogP contribution is -2.57. The van der Waals surface area contributed by atoms with E-state index in [0.717, 1.165) is 0 Å². The molecule has 0 aliphatic heterocycles. The molecule has 10 nitrogen and oxygen atoms in total. The minimum Gasteiger partial charge on any atom is -0.508 e. The molecule has 0 spiro atoms. The summed E-state index contributed by atoms with van der Waals surface area (Å²) in [4.78, 5) is 49.0. The summed E-state index contributed by atoms with van der Waals surface area (Å²) in [6, 6.07) is 3.39. The molecule has 11 heteroatoms. The van der Waals surface area contributed by atoms with E-state index in [1.54, 1.807) is 12.1 Å². The molecular formula is C22H34N4O6S. The number of phenols is 1. The van der Waals surface area contributed by atoms with Gasteiger partial charge in [-0.15, -0.1) is 0 Å². The number of amides is 3. The lowest BCUT2D eigenvalue weighted by Gasteiger charge is -2.25. The van der Waals surface area contributed by atoms with Crippen LogP contribution < -0.4 is 21.7 Å². The second-order valence-corrected chi connectivity index (χ2v) is 8.78. The van der Waals surface area contributed by atoms with Crippen molar-refractivity contribution in [3.05, 3.63) is 29.8 Å². The Labute approximate surface area is 198 Å². The highest BCUT2D eigenvalue weighted by Crippen LogP contribution is 2.13. The zero-order chi connectivity index (χ0) is 25.0. The number of carboxylic acids is 1. The Morgan fingerprint density at radius 2 is 1.64 bits per heavy atom. The van der Waals surface area contributed by atoms with E-state index in [1.807, 2.05) is 20.1 Å². The summed E-state index contributed by atoms with van der Waals surface area (Å²) < 4.78 is 0. The molecule has 0 saturated carbocycles. The molecule has 7 N–H and O–H groups in total. The number of rotatable bonds is 14. The van der Waals surface area contributed by atoms with Crippen molar-refractivity contribution in [3.8, 4) is 5.75 Å². The molecule has 0 heterocycles. The number of nitrogens with one attached hydrogen (secondary N) is 3. The van der Waals surface area contributed by atoms with Crippen LogP contribution in [0.3, 0.4) is 0 Å². The zero-order valence-electron chi connectivity index (χ0n) is 19.2. The molecule has 1 rings (SSSR count). The number of aromatic hydroxyl groups is 1. The van der Waals surface area contributed by atoms with Gasteiger partial charge in [-0.1, -0.05) is 32.4 Å². The van der Waals surface area contributed by atoms with Crippen LogP contribution >= 0.6 is 11.8 Å². The van der Waals surface area contributed by atoms with Gasteiger partial charge in [-0.2, -0.15) is 11.8 Å². The van der Waals surface area contributed by atoms with Gasteiger partial charge in [0.25, 0.3) is 0 Å². The minimum absolute atomic E-state index is 0.0646. The number of carbonyl (C=O) groups is 4. The van der Waals surface area contributed by atoms with Crippen molar-refractivity contribution in [3.63, 3.8) is 0 Å². The Bertz CT molecular complexity index is 805. The van der Waals surface area contributed by atoms with Crippen LogP contribution in [-0.2, 0) is 25.6 Å². The second-order valence-electron chi connectivity index (χ2n) is 7.80. The molecule has 4 unspecified atom stereocenters. The van der Waals surface area contributed by atoms with Gasteiger partial charge >= 0.3 is 5.97 Å². The lowest BCUT2D eigenvalue weighted by atomic mass is 9.98. The Morgan fingerprint density at radius 3 is 2.18 bits per heavy atom. The summed E-state index contributed by atoms with van der Waals surface area (Å²) in [5, 5.41) is 25.9. The summed E-state index contributed by atoms with van der Waals surface area (Å²) in [5.41, 5.74) is 6.70. The normalized spacial score (nSPS) is 14.4. The summed E-state index contributed by atoms with van der Waals surface area (Å²) in [6.45, 7) is 3.18. The van der Waals surface area contributed by atoms with Gasteiger partial charge in [-0.05, 0) is 42.0 Å². The highest BCUT2D eigenvalue weighted by Gasteiger charge is 2.29. The van der Waals surface area contributed by atoms with Crippen LogP contribution in [0.5, 0.6) is 5.75 Å². The van der Waals surface area contributed by atoms with Crippen molar-refractivity contribution in [1.29, 1.82) is 0 Å².